The smallest absolute Gasteiger partial charge is 0.346 e. The molecule has 6 nitrogen and oxygen atoms in total. The Morgan fingerprint density at radius 3 is 2.69 bits per heavy atom. The van der Waals surface area contributed by atoms with Crippen LogP contribution in [0.1, 0.15) is 20.8 Å². The summed E-state index contributed by atoms with van der Waals surface area (Å²) in [5.74, 6) is -1.32. The molecule has 1 heterocycles. The molecule has 0 aliphatic rings. The van der Waals surface area contributed by atoms with Gasteiger partial charge >= 0.3 is 5.97 Å². The average Bonchev–Trinajstić information content (AvgIpc) is 3.22. The van der Waals surface area contributed by atoms with E-state index in [1.165, 1.54) is 48.9 Å². The number of thiophene rings is 1. The van der Waals surface area contributed by atoms with Crippen molar-refractivity contribution in [2.45, 2.75) is 6.42 Å². The Kier molecular flexibility index (Phi) is 6.70. The van der Waals surface area contributed by atoms with Gasteiger partial charge in [0.05, 0.1) is 25.3 Å². The third-order valence-electron chi connectivity index (χ3n) is 3.80. The molecule has 0 fully saturated rings. The van der Waals surface area contributed by atoms with Crippen molar-refractivity contribution >= 4 is 29.4 Å². The van der Waals surface area contributed by atoms with Crippen molar-refractivity contribution < 1.29 is 23.5 Å². The Morgan fingerprint density at radius 2 is 1.97 bits per heavy atom. The third kappa shape index (κ3) is 5.49. The van der Waals surface area contributed by atoms with E-state index in [-0.39, 0.29) is 29.4 Å². The lowest BCUT2D eigenvalue weighted by atomic mass is 10.2. The van der Waals surface area contributed by atoms with Gasteiger partial charge in [0.1, 0.15) is 5.82 Å². The molecular weight excluding hydrogens is 395 g/mol. The number of hydrazone groups is 1. The number of nitrogens with zero attached hydrogens (tertiary/aromatic N) is 1. The number of benzene rings is 2. The number of ether oxygens (including phenoxy) is 2. The van der Waals surface area contributed by atoms with E-state index in [9.17, 15) is 14.0 Å². The zero-order chi connectivity index (χ0) is 20.6. The van der Waals surface area contributed by atoms with Gasteiger partial charge in [-0.05, 0) is 47.3 Å². The Morgan fingerprint density at radius 1 is 1.14 bits per heavy atom. The number of carbonyl (C=O) groups is 2. The molecule has 29 heavy (non-hydrogen) atoms. The van der Waals surface area contributed by atoms with Crippen LogP contribution in [0.3, 0.4) is 0 Å². The molecule has 0 spiro atoms. The van der Waals surface area contributed by atoms with E-state index in [4.69, 9.17) is 9.47 Å². The summed E-state index contributed by atoms with van der Waals surface area (Å²) in [5.41, 5.74) is 2.89. The molecule has 3 rings (SSSR count). The van der Waals surface area contributed by atoms with Gasteiger partial charge in [0.2, 0.25) is 5.91 Å². The summed E-state index contributed by atoms with van der Waals surface area (Å²) in [5, 5.41) is 5.82. The zero-order valence-electron chi connectivity index (χ0n) is 15.4. The van der Waals surface area contributed by atoms with Crippen LogP contribution in [-0.4, -0.2) is 25.2 Å². The molecule has 0 bridgehead atoms. The molecule has 0 unspecified atom stereocenters. The summed E-state index contributed by atoms with van der Waals surface area (Å²) in [6.45, 7) is 0. The van der Waals surface area contributed by atoms with Crippen LogP contribution in [0.4, 0.5) is 4.39 Å². The standard InChI is InChI=1S/C21H17FN2O4S/c1-27-19-11-14(13-23-24-20(25)12-15-5-4-10-29-15)8-9-18(19)28-21(26)16-6-2-3-7-17(16)22/h2-11,13H,12H2,1H3,(H,24,25)/b23-13+. The molecule has 0 aliphatic carbocycles. The van der Waals surface area contributed by atoms with Crippen molar-refractivity contribution in [2.24, 2.45) is 5.10 Å². The lowest BCUT2D eigenvalue weighted by Crippen LogP contribution is -2.19. The highest BCUT2D eigenvalue weighted by Crippen LogP contribution is 2.28. The highest BCUT2D eigenvalue weighted by atomic mass is 32.1. The van der Waals surface area contributed by atoms with Gasteiger partial charge in [0.15, 0.2) is 11.5 Å². The third-order valence-corrected chi connectivity index (χ3v) is 4.68. The lowest BCUT2D eigenvalue weighted by molar-refractivity contribution is -0.120. The highest BCUT2D eigenvalue weighted by molar-refractivity contribution is 7.10. The molecule has 148 valence electrons. The Labute approximate surface area is 170 Å². The molecule has 0 saturated heterocycles. The summed E-state index contributed by atoms with van der Waals surface area (Å²) in [7, 11) is 1.42. The Balaban J connectivity index is 1.64. The van der Waals surface area contributed by atoms with Crippen molar-refractivity contribution in [2.75, 3.05) is 7.11 Å². The summed E-state index contributed by atoms with van der Waals surface area (Å²) in [6, 6.07) is 14.0. The molecule has 0 radical (unpaired) electrons. The van der Waals surface area contributed by atoms with Gasteiger partial charge in [-0.15, -0.1) is 11.3 Å². The molecule has 8 heteroatoms. The summed E-state index contributed by atoms with van der Waals surface area (Å²) < 4.78 is 24.2. The second-order valence-corrected chi connectivity index (χ2v) is 6.86. The molecule has 1 amide bonds. The van der Waals surface area contributed by atoms with E-state index in [0.717, 1.165) is 4.88 Å². The Hall–Kier alpha value is -3.52. The minimum Gasteiger partial charge on any atom is -0.493 e. The molecule has 1 aromatic heterocycles. The number of nitrogens with one attached hydrogen (secondary N) is 1. The monoisotopic (exact) mass is 412 g/mol. The SMILES string of the molecule is COc1cc(/C=N/NC(=O)Cc2cccs2)ccc1OC(=O)c1ccccc1F. The van der Waals surface area contributed by atoms with Gasteiger partial charge in [0, 0.05) is 4.88 Å². The number of amides is 1. The Bertz CT molecular complexity index is 1030. The van der Waals surface area contributed by atoms with Gasteiger partial charge in [-0.3, -0.25) is 4.79 Å². The molecule has 1 N–H and O–H groups in total. The second-order valence-electron chi connectivity index (χ2n) is 5.83. The largest absolute Gasteiger partial charge is 0.493 e. The van der Waals surface area contributed by atoms with E-state index in [1.807, 2.05) is 17.5 Å². The predicted octanol–water partition coefficient (Wildman–Crippen LogP) is 3.81. The number of carbonyl (C=O) groups excluding carboxylic acids is 2. The first-order valence-electron chi connectivity index (χ1n) is 8.56. The number of halogens is 1. The van der Waals surface area contributed by atoms with Crippen LogP contribution in [0.2, 0.25) is 0 Å². The quantitative estimate of drug-likeness (QED) is 0.277. The van der Waals surface area contributed by atoms with Crippen molar-refractivity contribution in [3.05, 3.63) is 81.8 Å². The van der Waals surface area contributed by atoms with Crippen LogP contribution in [-0.2, 0) is 11.2 Å². The number of esters is 1. The van der Waals surface area contributed by atoms with Crippen LogP contribution in [0.25, 0.3) is 0 Å². The van der Waals surface area contributed by atoms with Gasteiger partial charge in [-0.1, -0.05) is 18.2 Å². The fraction of sp³-hybridized carbons (Fsp3) is 0.0952. The van der Waals surface area contributed by atoms with E-state index in [1.54, 1.807) is 18.2 Å². The van der Waals surface area contributed by atoms with E-state index in [0.29, 0.717) is 5.56 Å². The van der Waals surface area contributed by atoms with Crippen LogP contribution in [0.15, 0.2) is 65.1 Å². The van der Waals surface area contributed by atoms with Gasteiger partial charge in [-0.2, -0.15) is 5.10 Å². The van der Waals surface area contributed by atoms with Gasteiger partial charge < -0.3 is 9.47 Å². The molecule has 0 atom stereocenters. The molecule has 0 saturated carbocycles. The number of hydrogen-bond donors (Lipinski definition) is 1. The van der Waals surface area contributed by atoms with E-state index < -0.39 is 11.8 Å². The fourth-order valence-corrected chi connectivity index (χ4v) is 3.12. The fourth-order valence-electron chi connectivity index (χ4n) is 2.42. The topological polar surface area (TPSA) is 77.0 Å². The second kappa shape index (κ2) is 9.61. The first kappa shape index (κ1) is 20.2. The molecule has 3 aromatic rings. The molecule has 0 aliphatic heterocycles. The van der Waals surface area contributed by atoms with E-state index in [2.05, 4.69) is 10.5 Å². The predicted molar refractivity (Wildman–Crippen MR) is 108 cm³/mol. The summed E-state index contributed by atoms with van der Waals surface area (Å²) in [6.07, 6.45) is 1.70. The number of hydrogen-bond acceptors (Lipinski definition) is 6. The van der Waals surface area contributed by atoms with Crippen LogP contribution >= 0.6 is 11.3 Å². The number of methoxy groups -OCH3 is 1. The maximum Gasteiger partial charge on any atom is 0.346 e. The summed E-state index contributed by atoms with van der Waals surface area (Å²) in [4.78, 5) is 24.9. The summed E-state index contributed by atoms with van der Waals surface area (Å²) >= 11 is 1.50. The lowest BCUT2D eigenvalue weighted by Gasteiger charge is -2.10. The maximum absolute atomic E-state index is 13.7. The van der Waals surface area contributed by atoms with Crippen LogP contribution in [0.5, 0.6) is 11.5 Å². The molecule has 2 aromatic carbocycles. The zero-order valence-corrected chi connectivity index (χ0v) is 16.2. The first-order chi connectivity index (χ1) is 14.1. The van der Waals surface area contributed by atoms with Gasteiger partial charge in [0.25, 0.3) is 0 Å². The molecular formula is C21H17FN2O4S. The van der Waals surface area contributed by atoms with E-state index >= 15 is 0 Å². The average molecular weight is 412 g/mol. The number of rotatable bonds is 7. The van der Waals surface area contributed by atoms with Gasteiger partial charge in [-0.25, -0.2) is 14.6 Å². The van der Waals surface area contributed by atoms with Crippen molar-refractivity contribution in [3.63, 3.8) is 0 Å². The van der Waals surface area contributed by atoms with Crippen molar-refractivity contribution in [3.8, 4) is 11.5 Å². The van der Waals surface area contributed by atoms with Crippen LogP contribution < -0.4 is 14.9 Å². The minimum atomic E-state index is -0.830. The van der Waals surface area contributed by atoms with Crippen molar-refractivity contribution in [1.82, 2.24) is 5.43 Å². The first-order valence-corrected chi connectivity index (χ1v) is 9.44. The normalized spacial score (nSPS) is 10.7. The van der Waals surface area contributed by atoms with Crippen molar-refractivity contribution in [1.29, 1.82) is 0 Å². The van der Waals surface area contributed by atoms with Crippen LogP contribution in [0, 0.1) is 5.82 Å². The minimum absolute atomic E-state index is 0.139. The maximum atomic E-state index is 13.7. The highest BCUT2D eigenvalue weighted by Gasteiger charge is 2.16.